The van der Waals surface area contributed by atoms with Crippen molar-refractivity contribution in [1.82, 2.24) is 14.8 Å². The molecule has 1 aliphatic heterocycles. The lowest BCUT2D eigenvalue weighted by Crippen LogP contribution is -2.24. The highest BCUT2D eigenvalue weighted by atomic mass is 16.5. The molecule has 1 N–H and O–H groups in total. The SMILES string of the molecule is CCOC(=O)c1c(-c2ccc(CC(C)(C)O)nc2)nn2c1O[C@H](C)CC2. The normalized spacial score (nSPS) is 16.7. The molecule has 0 saturated heterocycles. The van der Waals surface area contributed by atoms with E-state index in [9.17, 15) is 9.90 Å². The van der Waals surface area contributed by atoms with E-state index in [0.717, 1.165) is 12.1 Å². The summed E-state index contributed by atoms with van der Waals surface area (Å²) in [6.07, 6.45) is 2.96. The number of aryl methyl sites for hydroxylation is 1. The minimum absolute atomic E-state index is 0.0208. The molecule has 0 amide bonds. The standard InChI is InChI=1S/C19H25N3O4/c1-5-25-18(23)15-16(21-22-9-8-12(2)26-17(15)22)13-6-7-14(20-11-13)10-19(3,4)24/h6-7,11-12,24H,5,8-10H2,1-4H3/t12-/m1/s1. The fourth-order valence-corrected chi connectivity index (χ4v) is 2.97. The highest BCUT2D eigenvalue weighted by Crippen LogP contribution is 2.34. The van der Waals surface area contributed by atoms with E-state index in [0.29, 0.717) is 35.7 Å². The molecule has 0 spiro atoms. The monoisotopic (exact) mass is 359 g/mol. The number of hydrogen-bond donors (Lipinski definition) is 1. The van der Waals surface area contributed by atoms with Gasteiger partial charge in [-0.2, -0.15) is 5.10 Å². The molecule has 26 heavy (non-hydrogen) atoms. The van der Waals surface area contributed by atoms with E-state index in [4.69, 9.17) is 9.47 Å². The summed E-state index contributed by atoms with van der Waals surface area (Å²) in [6, 6.07) is 3.69. The second kappa shape index (κ2) is 7.07. The van der Waals surface area contributed by atoms with E-state index < -0.39 is 11.6 Å². The molecule has 140 valence electrons. The molecule has 3 heterocycles. The molecule has 1 atom stereocenters. The van der Waals surface area contributed by atoms with Gasteiger partial charge in [0.1, 0.15) is 11.3 Å². The van der Waals surface area contributed by atoms with Gasteiger partial charge >= 0.3 is 5.97 Å². The van der Waals surface area contributed by atoms with Crippen LogP contribution in [0.1, 0.15) is 50.2 Å². The number of carbonyl (C=O) groups is 1. The maximum Gasteiger partial charge on any atom is 0.345 e. The van der Waals surface area contributed by atoms with E-state index in [1.807, 2.05) is 19.1 Å². The summed E-state index contributed by atoms with van der Waals surface area (Å²) < 4.78 is 12.8. The quantitative estimate of drug-likeness (QED) is 0.826. The minimum atomic E-state index is -0.831. The Balaban J connectivity index is 2.00. The van der Waals surface area contributed by atoms with Gasteiger partial charge in [-0.1, -0.05) is 0 Å². The first-order chi connectivity index (χ1) is 12.3. The van der Waals surface area contributed by atoms with Crippen LogP contribution in [0.5, 0.6) is 5.88 Å². The van der Waals surface area contributed by atoms with Crippen molar-refractivity contribution in [2.24, 2.45) is 0 Å². The summed E-state index contributed by atoms with van der Waals surface area (Å²) in [5.74, 6) is 0.0104. The first-order valence-corrected chi connectivity index (χ1v) is 8.90. The third-order valence-corrected chi connectivity index (χ3v) is 4.16. The smallest absolute Gasteiger partial charge is 0.345 e. The Morgan fingerprint density at radius 1 is 1.46 bits per heavy atom. The summed E-state index contributed by atoms with van der Waals surface area (Å²) in [5, 5.41) is 14.5. The molecule has 1 aliphatic rings. The molecule has 2 aromatic rings. The largest absolute Gasteiger partial charge is 0.474 e. The molecule has 2 aromatic heterocycles. The van der Waals surface area contributed by atoms with Crippen LogP contribution in [0.2, 0.25) is 0 Å². The van der Waals surface area contributed by atoms with Gasteiger partial charge in [-0.15, -0.1) is 0 Å². The van der Waals surface area contributed by atoms with Gasteiger partial charge in [-0.05, 0) is 39.8 Å². The van der Waals surface area contributed by atoms with Crippen molar-refractivity contribution in [2.45, 2.75) is 58.8 Å². The zero-order chi connectivity index (χ0) is 18.9. The van der Waals surface area contributed by atoms with Gasteiger partial charge in [0, 0.05) is 36.8 Å². The molecule has 7 heteroatoms. The second-order valence-corrected chi connectivity index (χ2v) is 7.22. The summed E-state index contributed by atoms with van der Waals surface area (Å²) in [5.41, 5.74) is 1.51. The molecule has 0 bridgehead atoms. The molecule has 0 radical (unpaired) electrons. The number of ether oxygens (including phenoxy) is 2. The number of nitrogens with zero attached hydrogens (tertiary/aromatic N) is 3. The van der Waals surface area contributed by atoms with Crippen molar-refractivity contribution in [1.29, 1.82) is 0 Å². The van der Waals surface area contributed by atoms with Crippen LogP contribution in [-0.4, -0.2) is 44.2 Å². The number of aliphatic hydroxyl groups is 1. The van der Waals surface area contributed by atoms with Gasteiger partial charge in [0.25, 0.3) is 0 Å². The summed E-state index contributed by atoms with van der Waals surface area (Å²) in [7, 11) is 0. The zero-order valence-electron chi connectivity index (χ0n) is 15.7. The van der Waals surface area contributed by atoms with Crippen LogP contribution in [-0.2, 0) is 17.7 Å². The number of pyridine rings is 1. The van der Waals surface area contributed by atoms with E-state index in [2.05, 4.69) is 10.1 Å². The second-order valence-electron chi connectivity index (χ2n) is 7.22. The van der Waals surface area contributed by atoms with Crippen LogP contribution in [0.25, 0.3) is 11.3 Å². The Hall–Kier alpha value is -2.41. The topological polar surface area (TPSA) is 86.5 Å². The minimum Gasteiger partial charge on any atom is -0.474 e. The maximum absolute atomic E-state index is 12.5. The van der Waals surface area contributed by atoms with E-state index in [1.165, 1.54) is 0 Å². The molecule has 0 fully saturated rings. The van der Waals surface area contributed by atoms with E-state index >= 15 is 0 Å². The van der Waals surface area contributed by atoms with Gasteiger partial charge in [0.2, 0.25) is 5.88 Å². The number of aromatic nitrogens is 3. The van der Waals surface area contributed by atoms with E-state index in [1.54, 1.807) is 31.6 Å². The maximum atomic E-state index is 12.5. The van der Waals surface area contributed by atoms with Crippen LogP contribution in [0.15, 0.2) is 18.3 Å². The van der Waals surface area contributed by atoms with Gasteiger partial charge in [0.15, 0.2) is 0 Å². The van der Waals surface area contributed by atoms with Crippen molar-refractivity contribution >= 4 is 5.97 Å². The van der Waals surface area contributed by atoms with Crippen LogP contribution >= 0.6 is 0 Å². The van der Waals surface area contributed by atoms with Crippen LogP contribution in [0.3, 0.4) is 0 Å². The zero-order valence-corrected chi connectivity index (χ0v) is 15.7. The Bertz CT molecular complexity index is 790. The average Bonchev–Trinajstić information content (AvgIpc) is 2.93. The molecule has 0 saturated carbocycles. The van der Waals surface area contributed by atoms with Gasteiger partial charge in [-0.25, -0.2) is 9.48 Å². The number of esters is 1. The van der Waals surface area contributed by atoms with Crippen molar-refractivity contribution in [3.8, 4) is 17.1 Å². The third kappa shape index (κ3) is 3.88. The summed E-state index contributed by atoms with van der Waals surface area (Å²) in [6.45, 7) is 8.18. The van der Waals surface area contributed by atoms with Gasteiger partial charge in [0.05, 0.1) is 18.3 Å². The lowest BCUT2D eigenvalue weighted by atomic mass is 10.0. The molecule has 0 unspecified atom stereocenters. The van der Waals surface area contributed by atoms with Crippen molar-refractivity contribution in [2.75, 3.05) is 6.61 Å². The number of fused-ring (bicyclic) bond motifs is 1. The van der Waals surface area contributed by atoms with Gasteiger partial charge in [-0.3, -0.25) is 4.98 Å². The number of hydrogen-bond acceptors (Lipinski definition) is 6. The Labute approximate surface area is 153 Å². The lowest BCUT2D eigenvalue weighted by molar-refractivity contribution is 0.0515. The lowest BCUT2D eigenvalue weighted by Gasteiger charge is -2.21. The molecule has 0 aliphatic carbocycles. The third-order valence-electron chi connectivity index (χ3n) is 4.16. The van der Waals surface area contributed by atoms with Crippen LogP contribution in [0.4, 0.5) is 0 Å². The highest BCUT2D eigenvalue weighted by Gasteiger charge is 2.31. The van der Waals surface area contributed by atoms with E-state index in [-0.39, 0.29) is 12.7 Å². The highest BCUT2D eigenvalue weighted by molar-refractivity contribution is 5.98. The van der Waals surface area contributed by atoms with Crippen molar-refractivity contribution < 1.29 is 19.4 Å². The summed E-state index contributed by atoms with van der Waals surface area (Å²) >= 11 is 0. The predicted molar refractivity (Wildman–Crippen MR) is 96.1 cm³/mol. The fourth-order valence-electron chi connectivity index (χ4n) is 2.97. The number of rotatable bonds is 5. The van der Waals surface area contributed by atoms with Gasteiger partial charge < -0.3 is 14.6 Å². The van der Waals surface area contributed by atoms with Crippen LogP contribution in [0, 0.1) is 0 Å². The Morgan fingerprint density at radius 2 is 2.23 bits per heavy atom. The predicted octanol–water partition coefficient (Wildman–Crippen LogP) is 2.61. The van der Waals surface area contributed by atoms with Crippen LogP contribution < -0.4 is 4.74 Å². The average molecular weight is 359 g/mol. The number of carbonyl (C=O) groups excluding carboxylic acids is 1. The molecule has 3 rings (SSSR count). The fraction of sp³-hybridized carbons (Fsp3) is 0.526. The molecular weight excluding hydrogens is 334 g/mol. The molecular formula is C19H25N3O4. The van der Waals surface area contributed by atoms with Crippen molar-refractivity contribution in [3.05, 3.63) is 29.6 Å². The Morgan fingerprint density at radius 3 is 2.85 bits per heavy atom. The first-order valence-electron chi connectivity index (χ1n) is 8.90. The Kier molecular flexibility index (Phi) is 5.00. The van der Waals surface area contributed by atoms with Crippen molar-refractivity contribution in [3.63, 3.8) is 0 Å². The molecule has 7 nitrogen and oxygen atoms in total. The summed E-state index contributed by atoms with van der Waals surface area (Å²) in [4.78, 5) is 16.9. The molecule has 0 aromatic carbocycles. The first kappa shape index (κ1) is 18.4.